The van der Waals surface area contributed by atoms with Crippen LogP contribution in [0, 0.1) is 17.8 Å². The first-order chi connectivity index (χ1) is 35.2. The molecule has 11 atom stereocenters. The predicted molar refractivity (Wildman–Crippen MR) is 270 cm³/mol. The highest BCUT2D eigenvalue weighted by Gasteiger charge is 2.37. The van der Waals surface area contributed by atoms with Crippen molar-refractivity contribution in [2.24, 2.45) is 29.2 Å². The van der Waals surface area contributed by atoms with Crippen molar-refractivity contribution in [3.05, 3.63) is 71.8 Å². The number of carbonyl (C=O) groups excluding carboxylic acids is 9. The Labute approximate surface area is 434 Å². The number of aliphatic hydroxyl groups excluding tert-OH is 2. The highest BCUT2D eigenvalue weighted by atomic mass is 16.4. The fourth-order valence-electron chi connectivity index (χ4n) is 7.37. The minimum Gasteiger partial charge on any atom is -0.481 e. The van der Waals surface area contributed by atoms with Gasteiger partial charge >= 0.3 is 11.9 Å². The van der Waals surface area contributed by atoms with Gasteiger partial charge in [-0.1, -0.05) is 109 Å². The number of primary amides is 1. The lowest BCUT2D eigenvalue weighted by atomic mass is 9.96. The molecule has 0 spiro atoms. The summed E-state index contributed by atoms with van der Waals surface area (Å²) in [4.78, 5) is 146. The van der Waals surface area contributed by atoms with Crippen LogP contribution in [0.25, 0.3) is 0 Å². The van der Waals surface area contributed by atoms with Gasteiger partial charge in [0.25, 0.3) is 0 Å². The summed E-state index contributed by atoms with van der Waals surface area (Å²) in [5.41, 5.74) is 12.0. The van der Waals surface area contributed by atoms with E-state index in [1.165, 1.54) is 6.92 Å². The minimum atomic E-state index is -1.94. The first-order valence-corrected chi connectivity index (χ1v) is 24.5. The van der Waals surface area contributed by atoms with E-state index in [1.807, 2.05) is 0 Å². The van der Waals surface area contributed by atoms with Gasteiger partial charge in [-0.3, -0.25) is 52.7 Å². The summed E-state index contributed by atoms with van der Waals surface area (Å²) in [6.45, 7) is 10.4. The lowest BCUT2D eigenvalue weighted by molar-refractivity contribution is -0.142. The Hall–Kier alpha value is -7.51. The van der Waals surface area contributed by atoms with E-state index in [0.29, 0.717) is 17.5 Å². The topological polar surface area (TPSA) is 417 Å². The molecule has 0 aliphatic rings. The first-order valence-electron chi connectivity index (χ1n) is 24.5. The molecule has 0 bridgehead atoms. The molecule has 2 aromatic rings. The number of carboxylic acid groups (broad SMARTS) is 2. The van der Waals surface area contributed by atoms with Crippen molar-refractivity contribution in [2.45, 2.75) is 147 Å². The van der Waals surface area contributed by atoms with Gasteiger partial charge in [-0.15, -0.1) is 0 Å². The molecular weight excluding hydrogens is 981 g/mol. The van der Waals surface area contributed by atoms with Crippen LogP contribution in [-0.2, 0) is 65.6 Å². The lowest BCUT2D eigenvalue weighted by Gasteiger charge is -2.29. The number of nitrogens with one attached hydrogen (secondary N) is 8. The number of amides is 9. The largest absolute Gasteiger partial charge is 0.481 e. The number of nitrogens with two attached hydrogens (primary N) is 2. The molecule has 0 aliphatic heterocycles. The number of hydrogen-bond donors (Lipinski definition) is 14. The van der Waals surface area contributed by atoms with Crippen molar-refractivity contribution in [1.29, 1.82) is 0 Å². The molecule has 0 radical (unpaired) electrons. The normalized spacial score (nSPS) is 15.6. The zero-order valence-corrected chi connectivity index (χ0v) is 43.2. The molecule has 2 rings (SSSR count). The van der Waals surface area contributed by atoms with Crippen LogP contribution >= 0.6 is 0 Å². The highest BCUT2D eigenvalue weighted by Crippen LogP contribution is 2.14. The van der Waals surface area contributed by atoms with Gasteiger partial charge in [0.15, 0.2) is 0 Å². The molecule has 16 N–H and O–H groups in total. The Kier molecular flexibility index (Phi) is 26.5. The molecule has 0 heterocycles. The molecule has 2 aromatic carbocycles. The van der Waals surface area contributed by atoms with Gasteiger partial charge in [0.2, 0.25) is 53.2 Å². The summed E-state index contributed by atoms with van der Waals surface area (Å²) in [5, 5.41) is 58.6. The summed E-state index contributed by atoms with van der Waals surface area (Å²) in [6.07, 6.45) is -3.63. The number of hydrogen-bond acceptors (Lipinski definition) is 14. The molecule has 0 unspecified atom stereocenters. The highest BCUT2D eigenvalue weighted by molar-refractivity contribution is 5.99. The molecule has 0 aliphatic carbocycles. The average molecular weight is 1060 g/mol. The van der Waals surface area contributed by atoms with Gasteiger partial charge in [0.1, 0.15) is 54.4 Å². The van der Waals surface area contributed by atoms with Crippen molar-refractivity contribution < 1.29 is 73.2 Å². The van der Waals surface area contributed by atoms with Gasteiger partial charge in [-0.2, -0.15) is 0 Å². The van der Waals surface area contributed by atoms with Gasteiger partial charge < -0.3 is 74.4 Å². The van der Waals surface area contributed by atoms with Crippen LogP contribution in [0.15, 0.2) is 60.7 Å². The van der Waals surface area contributed by atoms with Gasteiger partial charge in [-0.05, 0) is 42.2 Å². The number of carboxylic acids is 2. The minimum absolute atomic E-state index is 0.0410. The number of benzene rings is 2. The zero-order valence-electron chi connectivity index (χ0n) is 43.2. The maximum atomic E-state index is 14.3. The maximum absolute atomic E-state index is 14.3. The van der Waals surface area contributed by atoms with Crippen LogP contribution in [0.2, 0.25) is 0 Å². The van der Waals surface area contributed by atoms with Gasteiger partial charge in [-0.25, -0.2) is 0 Å². The molecule has 9 amide bonds. The molecule has 414 valence electrons. The van der Waals surface area contributed by atoms with E-state index in [-0.39, 0.29) is 25.2 Å². The van der Waals surface area contributed by atoms with E-state index in [9.17, 15) is 73.2 Å². The SMILES string of the molecule is CC[C@H](C)[C@H](NC(=O)[C@H](Cc1ccccc1)NC(=O)[C@H](CC(=O)O)NC(=O)[C@H](Cc1ccccc1)NC(=O)[C@H](CC(=O)O)NC(=O)[C@H](CC(C)C)NC(=O)[C@@H](NC(=O)[C@@H](N)[C@@H](C)O)C(C)C)C(=O)N[C@@H](CO)C(N)=O. The van der Waals surface area contributed by atoms with E-state index < -0.39 is 157 Å². The van der Waals surface area contributed by atoms with Gasteiger partial charge in [0, 0.05) is 12.8 Å². The second-order valence-corrected chi connectivity index (χ2v) is 19.0. The first kappa shape index (κ1) is 63.6. The predicted octanol–water partition coefficient (Wildman–Crippen LogP) is -2.77. The monoisotopic (exact) mass is 1050 g/mol. The van der Waals surface area contributed by atoms with E-state index in [0.717, 1.165) is 0 Å². The summed E-state index contributed by atoms with van der Waals surface area (Å²) in [5.74, 6) is -13.7. The molecule has 0 saturated carbocycles. The molecule has 25 nitrogen and oxygen atoms in total. The molecule has 0 fully saturated rings. The van der Waals surface area contributed by atoms with Crippen molar-refractivity contribution in [3.63, 3.8) is 0 Å². The molecule has 75 heavy (non-hydrogen) atoms. The zero-order chi connectivity index (χ0) is 56.7. The van der Waals surface area contributed by atoms with E-state index in [2.05, 4.69) is 42.5 Å². The van der Waals surface area contributed by atoms with E-state index >= 15 is 0 Å². The number of carbonyl (C=O) groups is 11. The summed E-state index contributed by atoms with van der Waals surface area (Å²) >= 11 is 0. The van der Waals surface area contributed by atoms with Crippen molar-refractivity contribution in [1.82, 2.24) is 42.5 Å². The Morgan fingerprint density at radius 2 is 0.853 bits per heavy atom. The Bertz CT molecular complexity index is 2290. The summed E-state index contributed by atoms with van der Waals surface area (Å²) in [6, 6.07) is 2.31. The molecule has 0 aromatic heterocycles. The number of aliphatic carboxylic acids is 2. The Balaban J connectivity index is 2.53. The van der Waals surface area contributed by atoms with E-state index in [4.69, 9.17) is 11.5 Å². The standard InChI is InChI=1S/C50H74N10O15/c1-8-27(6)41(50(75)58-36(24-61)42(52)67)60-47(72)33(21-30-17-13-10-14-18-30)54-46(71)35(23-38(65)66)56-44(69)32(20-29-15-11-9-12-16-29)53-45(70)34(22-37(63)64)55-43(68)31(19-25(2)3)57-49(74)40(26(4)5)59-48(73)39(51)28(7)62/h9-18,25-28,31-36,39-41,61-62H,8,19-24,51H2,1-7H3,(H2,52,67)(H,53,70)(H,54,71)(H,55,68)(H,56,69)(H,57,74)(H,58,75)(H,59,73)(H,60,72)(H,63,64)(H,65,66)/t27-,28+,31-,32-,33-,34-,35-,36-,39-,40-,41-/m0/s1. The van der Waals surface area contributed by atoms with E-state index in [1.54, 1.807) is 102 Å². The number of aliphatic hydroxyl groups is 2. The number of rotatable bonds is 32. The van der Waals surface area contributed by atoms with Crippen LogP contribution in [0.1, 0.15) is 85.3 Å². The van der Waals surface area contributed by atoms with Crippen LogP contribution in [0.5, 0.6) is 0 Å². The molecule has 25 heteroatoms. The Morgan fingerprint density at radius 3 is 1.23 bits per heavy atom. The smallest absolute Gasteiger partial charge is 0.305 e. The Morgan fingerprint density at radius 1 is 0.493 bits per heavy atom. The third-order valence-corrected chi connectivity index (χ3v) is 11.9. The van der Waals surface area contributed by atoms with Crippen molar-refractivity contribution in [2.75, 3.05) is 6.61 Å². The fraction of sp³-hybridized carbons (Fsp3) is 0.540. The van der Waals surface area contributed by atoms with Crippen LogP contribution in [0.4, 0.5) is 0 Å². The quantitative estimate of drug-likeness (QED) is 0.0353. The second kappa shape index (κ2) is 31.3. The average Bonchev–Trinajstić information content (AvgIpc) is 3.34. The summed E-state index contributed by atoms with van der Waals surface area (Å²) < 4.78 is 0. The van der Waals surface area contributed by atoms with Crippen LogP contribution < -0.4 is 54.0 Å². The van der Waals surface area contributed by atoms with Crippen molar-refractivity contribution >= 4 is 65.1 Å². The lowest BCUT2D eigenvalue weighted by Crippen LogP contribution is -2.62. The summed E-state index contributed by atoms with van der Waals surface area (Å²) in [7, 11) is 0. The van der Waals surface area contributed by atoms with Crippen molar-refractivity contribution in [3.8, 4) is 0 Å². The maximum Gasteiger partial charge on any atom is 0.305 e. The molecular formula is C50H74N10O15. The fourth-order valence-corrected chi connectivity index (χ4v) is 7.37. The van der Waals surface area contributed by atoms with Gasteiger partial charge in [0.05, 0.1) is 25.6 Å². The van der Waals surface area contributed by atoms with Crippen LogP contribution in [0.3, 0.4) is 0 Å². The third-order valence-electron chi connectivity index (χ3n) is 11.9. The third kappa shape index (κ3) is 21.9. The second-order valence-electron chi connectivity index (χ2n) is 19.0. The van der Waals surface area contributed by atoms with Crippen LogP contribution in [-0.4, -0.2) is 153 Å². The molecule has 0 saturated heterocycles.